The number of aryl methyl sites for hydroxylation is 2. The maximum absolute atomic E-state index is 12.9. The van der Waals surface area contributed by atoms with Crippen molar-refractivity contribution in [3.63, 3.8) is 0 Å². The molecule has 1 unspecified atom stereocenters. The summed E-state index contributed by atoms with van der Waals surface area (Å²) in [6, 6.07) is 20.8. The summed E-state index contributed by atoms with van der Waals surface area (Å²) >= 11 is 0. The Balaban J connectivity index is 1.50. The molecule has 3 aromatic carbocycles. The van der Waals surface area contributed by atoms with Crippen molar-refractivity contribution >= 4 is 23.2 Å². The predicted molar refractivity (Wildman–Crippen MR) is 124 cm³/mol. The molecule has 0 aliphatic carbocycles. The normalized spacial score (nSPS) is 15.0. The molecule has 6 heteroatoms. The van der Waals surface area contributed by atoms with E-state index in [1.54, 1.807) is 30.0 Å². The Morgan fingerprint density at radius 1 is 1.06 bits per heavy atom. The number of benzene rings is 3. The second kappa shape index (κ2) is 9.14. The molecule has 1 atom stereocenters. The Kier molecular flexibility index (Phi) is 6.12. The third-order valence-corrected chi connectivity index (χ3v) is 5.43. The van der Waals surface area contributed by atoms with Crippen molar-refractivity contribution in [3.8, 4) is 11.5 Å². The first-order valence-corrected chi connectivity index (χ1v) is 10.6. The minimum absolute atomic E-state index is 0.112. The Labute approximate surface area is 187 Å². The highest BCUT2D eigenvalue weighted by Gasteiger charge is 2.32. The van der Waals surface area contributed by atoms with Crippen LogP contribution in [0.4, 0.5) is 11.4 Å². The van der Waals surface area contributed by atoms with Gasteiger partial charge < -0.3 is 19.7 Å². The van der Waals surface area contributed by atoms with Gasteiger partial charge in [0.25, 0.3) is 11.8 Å². The van der Waals surface area contributed by atoms with Gasteiger partial charge in [0.15, 0.2) is 12.7 Å². The fourth-order valence-corrected chi connectivity index (χ4v) is 3.59. The smallest absolute Gasteiger partial charge is 0.268 e. The van der Waals surface area contributed by atoms with E-state index in [1.807, 2.05) is 62.4 Å². The van der Waals surface area contributed by atoms with Crippen molar-refractivity contribution in [3.05, 3.63) is 83.4 Å². The lowest BCUT2D eigenvalue weighted by Crippen LogP contribution is -2.44. The molecule has 1 heterocycles. The average Bonchev–Trinajstić information content (AvgIpc) is 2.78. The highest BCUT2D eigenvalue weighted by Crippen LogP contribution is 2.37. The molecule has 1 N–H and O–H groups in total. The molecular weight excluding hydrogens is 404 g/mol. The van der Waals surface area contributed by atoms with Gasteiger partial charge in [-0.25, -0.2) is 0 Å². The van der Waals surface area contributed by atoms with E-state index in [0.29, 0.717) is 29.4 Å². The second-order valence-electron chi connectivity index (χ2n) is 7.94. The third-order valence-electron chi connectivity index (χ3n) is 5.43. The summed E-state index contributed by atoms with van der Waals surface area (Å²) in [6.07, 6.45) is -0.574. The molecular formula is C26H26N2O4. The summed E-state index contributed by atoms with van der Waals surface area (Å²) in [5.74, 6) is 0.840. The summed E-state index contributed by atoms with van der Waals surface area (Å²) in [5.41, 5.74) is 4.49. The SMILES string of the molecule is Cc1ccc(OCC(=O)Nc2ccc3c(c2)N(Cc2ccccc2C)C(=O)C(C)O3)cc1. The lowest BCUT2D eigenvalue weighted by atomic mass is 10.1. The quantitative estimate of drug-likeness (QED) is 0.619. The molecule has 32 heavy (non-hydrogen) atoms. The van der Waals surface area contributed by atoms with E-state index in [0.717, 1.165) is 16.7 Å². The number of hydrogen-bond acceptors (Lipinski definition) is 4. The monoisotopic (exact) mass is 430 g/mol. The van der Waals surface area contributed by atoms with Gasteiger partial charge in [-0.2, -0.15) is 0 Å². The average molecular weight is 431 g/mol. The zero-order valence-electron chi connectivity index (χ0n) is 18.4. The molecule has 0 saturated heterocycles. The maximum atomic E-state index is 12.9. The van der Waals surface area contributed by atoms with E-state index in [4.69, 9.17) is 9.47 Å². The van der Waals surface area contributed by atoms with Crippen LogP contribution in [0.3, 0.4) is 0 Å². The first kappa shape index (κ1) is 21.4. The Bertz CT molecular complexity index is 1140. The summed E-state index contributed by atoms with van der Waals surface area (Å²) < 4.78 is 11.3. The van der Waals surface area contributed by atoms with Crippen LogP contribution in [-0.4, -0.2) is 24.5 Å². The van der Waals surface area contributed by atoms with Crippen LogP contribution in [0, 0.1) is 13.8 Å². The van der Waals surface area contributed by atoms with E-state index in [1.165, 1.54) is 0 Å². The van der Waals surface area contributed by atoms with Crippen LogP contribution in [0.5, 0.6) is 11.5 Å². The lowest BCUT2D eigenvalue weighted by molar-refractivity contribution is -0.125. The van der Waals surface area contributed by atoms with Crippen molar-refractivity contribution in [2.24, 2.45) is 0 Å². The van der Waals surface area contributed by atoms with Crippen LogP contribution in [0.15, 0.2) is 66.7 Å². The number of rotatable bonds is 6. The maximum Gasteiger partial charge on any atom is 0.268 e. The highest BCUT2D eigenvalue weighted by atomic mass is 16.5. The number of carbonyl (C=O) groups is 2. The molecule has 164 valence electrons. The second-order valence-corrected chi connectivity index (χ2v) is 7.94. The zero-order chi connectivity index (χ0) is 22.7. The molecule has 0 spiro atoms. The molecule has 0 bridgehead atoms. The van der Waals surface area contributed by atoms with E-state index in [2.05, 4.69) is 5.32 Å². The summed E-state index contributed by atoms with van der Waals surface area (Å²) in [7, 11) is 0. The molecule has 2 amide bonds. The van der Waals surface area contributed by atoms with Gasteiger partial charge in [-0.05, 0) is 62.2 Å². The van der Waals surface area contributed by atoms with Crippen LogP contribution < -0.4 is 19.7 Å². The molecule has 1 aliphatic rings. The predicted octanol–water partition coefficient (Wildman–Crippen LogP) is 4.64. The molecule has 0 aromatic heterocycles. The van der Waals surface area contributed by atoms with E-state index >= 15 is 0 Å². The first-order chi connectivity index (χ1) is 15.4. The first-order valence-electron chi connectivity index (χ1n) is 10.6. The van der Waals surface area contributed by atoms with Crippen molar-refractivity contribution in [1.29, 1.82) is 0 Å². The van der Waals surface area contributed by atoms with E-state index < -0.39 is 6.10 Å². The summed E-state index contributed by atoms with van der Waals surface area (Å²) in [5, 5.41) is 2.84. The van der Waals surface area contributed by atoms with E-state index in [9.17, 15) is 9.59 Å². The van der Waals surface area contributed by atoms with Gasteiger partial charge in [0.1, 0.15) is 11.5 Å². The number of nitrogens with one attached hydrogen (secondary N) is 1. The molecule has 0 fully saturated rings. The number of hydrogen-bond donors (Lipinski definition) is 1. The molecule has 4 rings (SSSR count). The number of ether oxygens (including phenoxy) is 2. The topological polar surface area (TPSA) is 67.9 Å². The van der Waals surface area contributed by atoms with Crippen molar-refractivity contribution in [2.75, 3.05) is 16.8 Å². The van der Waals surface area contributed by atoms with Crippen LogP contribution in [0.25, 0.3) is 0 Å². The van der Waals surface area contributed by atoms with Crippen LogP contribution in [0.2, 0.25) is 0 Å². The Morgan fingerprint density at radius 3 is 2.56 bits per heavy atom. The standard InChI is InChI=1S/C26H26N2O4/c1-17-8-11-22(12-9-17)31-16-25(29)27-21-10-13-24-23(14-21)28(26(30)19(3)32-24)15-20-7-5-4-6-18(20)2/h4-14,19H,15-16H2,1-3H3,(H,27,29). The highest BCUT2D eigenvalue weighted by molar-refractivity contribution is 6.01. The van der Waals surface area contributed by atoms with Gasteiger partial charge in [-0.1, -0.05) is 42.0 Å². The molecule has 0 radical (unpaired) electrons. The Morgan fingerprint density at radius 2 is 1.81 bits per heavy atom. The number of nitrogens with zero attached hydrogens (tertiary/aromatic N) is 1. The fraction of sp³-hybridized carbons (Fsp3) is 0.231. The molecule has 0 saturated carbocycles. The van der Waals surface area contributed by atoms with Crippen LogP contribution in [0.1, 0.15) is 23.6 Å². The number of fused-ring (bicyclic) bond motifs is 1. The zero-order valence-corrected chi connectivity index (χ0v) is 18.4. The number of amides is 2. The van der Waals surface area contributed by atoms with Gasteiger partial charge in [-0.15, -0.1) is 0 Å². The van der Waals surface area contributed by atoms with Crippen LogP contribution >= 0.6 is 0 Å². The Hall–Kier alpha value is -3.80. The minimum Gasteiger partial charge on any atom is -0.484 e. The fourth-order valence-electron chi connectivity index (χ4n) is 3.59. The summed E-state index contributed by atoms with van der Waals surface area (Å²) in [6.45, 7) is 6.08. The van der Waals surface area contributed by atoms with Gasteiger partial charge >= 0.3 is 0 Å². The van der Waals surface area contributed by atoms with Crippen molar-refractivity contribution in [2.45, 2.75) is 33.4 Å². The summed E-state index contributed by atoms with van der Waals surface area (Å²) in [4.78, 5) is 27.0. The van der Waals surface area contributed by atoms with Gasteiger partial charge in [0, 0.05) is 5.69 Å². The number of anilines is 2. The minimum atomic E-state index is -0.574. The van der Waals surface area contributed by atoms with Crippen LogP contribution in [-0.2, 0) is 16.1 Å². The lowest BCUT2D eigenvalue weighted by Gasteiger charge is -2.33. The molecule has 1 aliphatic heterocycles. The van der Waals surface area contributed by atoms with Crippen molar-refractivity contribution in [1.82, 2.24) is 0 Å². The van der Waals surface area contributed by atoms with Gasteiger partial charge in [0.2, 0.25) is 0 Å². The molecule has 6 nitrogen and oxygen atoms in total. The van der Waals surface area contributed by atoms with Crippen molar-refractivity contribution < 1.29 is 19.1 Å². The van der Waals surface area contributed by atoms with E-state index in [-0.39, 0.29) is 18.4 Å². The molecule has 3 aromatic rings. The van der Waals surface area contributed by atoms with Gasteiger partial charge in [0.05, 0.1) is 12.2 Å². The third kappa shape index (κ3) is 4.75. The largest absolute Gasteiger partial charge is 0.484 e. The van der Waals surface area contributed by atoms with Gasteiger partial charge in [-0.3, -0.25) is 9.59 Å². The number of carbonyl (C=O) groups excluding carboxylic acids is 2.